The van der Waals surface area contributed by atoms with Gasteiger partial charge in [0.1, 0.15) is 5.69 Å². The molecule has 0 saturated heterocycles. The minimum atomic E-state index is -0.338. The van der Waals surface area contributed by atoms with Gasteiger partial charge in [-0.3, -0.25) is 9.78 Å². The van der Waals surface area contributed by atoms with Crippen molar-refractivity contribution in [3.63, 3.8) is 0 Å². The van der Waals surface area contributed by atoms with Crippen molar-refractivity contribution in [2.24, 2.45) is 0 Å². The second-order valence-electron chi connectivity index (χ2n) is 4.78. The molecule has 0 bridgehead atoms. The van der Waals surface area contributed by atoms with Gasteiger partial charge in [0.05, 0.1) is 10.7 Å². The van der Waals surface area contributed by atoms with Crippen LogP contribution in [-0.2, 0) is 4.74 Å². The summed E-state index contributed by atoms with van der Waals surface area (Å²) in [5.74, 6) is -0.338. The van der Waals surface area contributed by atoms with Gasteiger partial charge < -0.3 is 15.4 Å². The van der Waals surface area contributed by atoms with Crippen LogP contribution in [0.25, 0.3) is 0 Å². The zero-order valence-corrected chi connectivity index (χ0v) is 14.1. The first-order valence-electron chi connectivity index (χ1n) is 7.05. The molecule has 0 aliphatic carbocycles. The average molecular weight is 354 g/mol. The highest BCUT2D eigenvalue weighted by Crippen LogP contribution is 2.25. The molecule has 23 heavy (non-hydrogen) atoms. The van der Waals surface area contributed by atoms with Crippen molar-refractivity contribution in [2.75, 3.05) is 30.9 Å². The number of anilines is 2. The van der Waals surface area contributed by atoms with Crippen molar-refractivity contribution in [1.29, 1.82) is 0 Å². The second kappa shape index (κ2) is 8.72. The molecule has 122 valence electrons. The number of pyridine rings is 1. The minimum Gasteiger partial charge on any atom is -0.385 e. The van der Waals surface area contributed by atoms with Gasteiger partial charge in [-0.05, 0) is 36.8 Å². The van der Waals surface area contributed by atoms with E-state index in [1.807, 2.05) is 0 Å². The van der Waals surface area contributed by atoms with Gasteiger partial charge >= 0.3 is 0 Å². The summed E-state index contributed by atoms with van der Waals surface area (Å²) >= 11 is 11.9. The van der Waals surface area contributed by atoms with E-state index in [0.29, 0.717) is 28.0 Å². The highest BCUT2D eigenvalue weighted by molar-refractivity contribution is 6.36. The third kappa shape index (κ3) is 5.39. The maximum atomic E-state index is 12.3. The fourth-order valence-electron chi connectivity index (χ4n) is 1.89. The van der Waals surface area contributed by atoms with Crippen molar-refractivity contribution in [2.45, 2.75) is 6.42 Å². The summed E-state index contributed by atoms with van der Waals surface area (Å²) in [6.45, 7) is 1.43. The number of halogens is 2. The predicted octanol–water partition coefficient (Wildman–Crippen LogP) is 4.09. The number of rotatable bonds is 7. The number of carbonyl (C=O) groups is 1. The number of ether oxygens (including phenoxy) is 1. The lowest BCUT2D eigenvalue weighted by Crippen LogP contribution is -2.14. The average Bonchev–Trinajstić information content (AvgIpc) is 2.54. The molecule has 1 amide bonds. The first-order chi connectivity index (χ1) is 11.1. The van der Waals surface area contributed by atoms with Gasteiger partial charge in [0.2, 0.25) is 0 Å². The normalized spacial score (nSPS) is 10.4. The SMILES string of the molecule is COCCCNc1ccnc(C(=O)Nc2ccc(Cl)cc2Cl)c1. The Morgan fingerprint density at radius 3 is 2.83 bits per heavy atom. The Morgan fingerprint density at radius 1 is 1.26 bits per heavy atom. The molecule has 1 heterocycles. The van der Waals surface area contributed by atoms with Crippen molar-refractivity contribution in [3.05, 3.63) is 52.3 Å². The van der Waals surface area contributed by atoms with Crippen LogP contribution in [-0.4, -0.2) is 31.2 Å². The van der Waals surface area contributed by atoms with E-state index < -0.39 is 0 Å². The zero-order valence-electron chi connectivity index (χ0n) is 12.6. The van der Waals surface area contributed by atoms with Crippen LogP contribution in [0.2, 0.25) is 10.0 Å². The Kier molecular flexibility index (Phi) is 6.65. The Balaban J connectivity index is 2.01. The number of methoxy groups -OCH3 is 1. The fraction of sp³-hybridized carbons (Fsp3) is 0.250. The van der Waals surface area contributed by atoms with Crippen molar-refractivity contribution >= 4 is 40.5 Å². The third-order valence-electron chi connectivity index (χ3n) is 3.03. The van der Waals surface area contributed by atoms with Gasteiger partial charge in [0.25, 0.3) is 5.91 Å². The predicted molar refractivity (Wildman–Crippen MR) is 93.6 cm³/mol. The molecule has 2 rings (SSSR count). The van der Waals surface area contributed by atoms with Crippen molar-refractivity contribution in [3.8, 4) is 0 Å². The zero-order chi connectivity index (χ0) is 16.7. The second-order valence-corrected chi connectivity index (χ2v) is 5.62. The first kappa shape index (κ1) is 17.5. The van der Waals surface area contributed by atoms with Crippen molar-refractivity contribution in [1.82, 2.24) is 4.98 Å². The molecule has 7 heteroatoms. The van der Waals surface area contributed by atoms with E-state index in [1.54, 1.807) is 43.6 Å². The van der Waals surface area contributed by atoms with E-state index in [0.717, 1.165) is 18.7 Å². The number of aromatic nitrogens is 1. The largest absolute Gasteiger partial charge is 0.385 e. The summed E-state index contributed by atoms with van der Waals surface area (Å²) < 4.78 is 4.99. The van der Waals surface area contributed by atoms with E-state index in [4.69, 9.17) is 27.9 Å². The van der Waals surface area contributed by atoms with Crippen LogP contribution < -0.4 is 10.6 Å². The lowest BCUT2D eigenvalue weighted by atomic mass is 10.2. The van der Waals surface area contributed by atoms with Crippen LogP contribution >= 0.6 is 23.2 Å². The summed E-state index contributed by atoms with van der Waals surface area (Å²) in [6.07, 6.45) is 2.46. The van der Waals surface area contributed by atoms with Gasteiger partial charge in [-0.15, -0.1) is 0 Å². The van der Waals surface area contributed by atoms with E-state index in [-0.39, 0.29) is 5.91 Å². The molecule has 0 aliphatic heterocycles. The molecule has 0 radical (unpaired) electrons. The third-order valence-corrected chi connectivity index (χ3v) is 3.57. The van der Waals surface area contributed by atoms with Crippen LogP contribution in [0.3, 0.4) is 0 Å². The number of amides is 1. The molecule has 2 N–H and O–H groups in total. The van der Waals surface area contributed by atoms with E-state index >= 15 is 0 Å². The molecule has 0 spiro atoms. The van der Waals surface area contributed by atoms with Crippen LogP contribution in [0, 0.1) is 0 Å². The summed E-state index contributed by atoms with van der Waals surface area (Å²) in [7, 11) is 1.66. The topological polar surface area (TPSA) is 63.2 Å². The molecular formula is C16H17Cl2N3O2. The quantitative estimate of drug-likeness (QED) is 0.735. The number of hydrogen-bond donors (Lipinski definition) is 2. The monoisotopic (exact) mass is 353 g/mol. The van der Waals surface area contributed by atoms with Crippen LogP contribution in [0.1, 0.15) is 16.9 Å². The molecule has 1 aromatic carbocycles. The van der Waals surface area contributed by atoms with Crippen LogP contribution in [0.5, 0.6) is 0 Å². The lowest BCUT2D eigenvalue weighted by molar-refractivity contribution is 0.102. The minimum absolute atomic E-state index is 0.299. The molecule has 0 fully saturated rings. The Labute approximate surface area is 145 Å². The highest BCUT2D eigenvalue weighted by atomic mass is 35.5. The summed E-state index contributed by atoms with van der Waals surface area (Å²) in [4.78, 5) is 16.3. The molecule has 0 unspecified atom stereocenters. The number of nitrogens with one attached hydrogen (secondary N) is 2. The van der Waals surface area contributed by atoms with Gasteiger partial charge in [-0.25, -0.2) is 0 Å². The molecular weight excluding hydrogens is 337 g/mol. The number of nitrogens with zero attached hydrogens (tertiary/aromatic N) is 1. The van der Waals surface area contributed by atoms with Gasteiger partial charge in [0.15, 0.2) is 0 Å². The number of carbonyl (C=O) groups excluding carboxylic acids is 1. The van der Waals surface area contributed by atoms with E-state index in [9.17, 15) is 4.79 Å². The molecule has 0 atom stereocenters. The molecule has 2 aromatic rings. The summed E-state index contributed by atoms with van der Waals surface area (Å²) in [6, 6.07) is 8.37. The molecule has 0 aliphatic rings. The smallest absolute Gasteiger partial charge is 0.274 e. The summed E-state index contributed by atoms with van der Waals surface area (Å²) in [5.41, 5.74) is 1.61. The number of hydrogen-bond acceptors (Lipinski definition) is 4. The lowest BCUT2D eigenvalue weighted by Gasteiger charge is -2.09. The van der Waals surface area contributed by atoms with E-state index in [1.165, 1.54) is 0 Å². The Bertz CT molecular complexity index is 680. The van der Waals surface area contributed by atoms with Crippen LogP contribution in [0.15, 0.2) is 36.5 Å². The summed E-state index contributed by atoms with van der Waals surface area (Å²) in [5, 5.41) is 6.81. The standard InChI is InChI=1S/C16H17Cl2N3O2/c1-23-8-2-6-19-12-5-7-20-15(10-12)16(22)21-14-4-3-11(17)9-13(14)18/h3-5,7,9-10H,2,6,8H2,1H3,(H,19,20)(H,21,22). The van der Waals surface area contributed by atoms with Gasteiger partial charge in [-0.1, -0.05) is 23.2 Å². The van der Waals surface area contributed by atoms with E-state index in [2.05, 4.69) is 15.6 Å². The maximum absolute atomic E-state index is 12.3. The number of benzene rings is 1. The van der Waals surface area contributed by atoms with Gasteiger partial charge in [0, 0.05) is 37.2 Å². The first-order valence-corrected chi connectivity index (χ1v) is 7.81. The molecule has 0 saturated carbocycles. The molecule has 5 nitrogen and oxygen atoms in total. The maximum Gasteiger partial charge on any atom is 0.274 e. The fourth-order valence-corrected chi connectivity index (χ4v) is 2.35. The Hall–Kier alpha value is -1.82. The van der Waals surface area contributed by atoms with Gasteiger partial charge in [-0.2, -0.15) is 0 Å². The Morgan fingerprint density at radius 2 is 2.09 bits per heavy atom. The molecule has 1 aromatic heterocycles. The van der Waals surface area contributed by atoms with Crippen molar-refractivity contribution < 1.29 is 9.53 Å². The highest BCUT2D eigenvalue weighted by Gasteiger charge is 2.10. The van der Waals surface area contributed by atoms with Crippen LogP contribution in [0.4, 0.5) is 11.4 Å².